The first kappa shape index (κ1) is 22.2. The third-order valence-electron chi connectivity index (χ3n) is 3.98. The Hall–Kier alpha value is -0.870. The Morgan fingerprint density at radius 1 is 1.28 bits per heavy atom. The first-order valence-electron chi connectivity index (χ1n) is 8.34. The minimum Gasteiger partial charge on any atom is -0.353 e. The topological polar surface area (TPSA) is 82.6 Å². The molecule has 1 saturated carbocycles. The van der Waals surface area contributed by atoms with Crippen LogP contribution in [0.4, 0.5) is 0 Å². The molecule has 0 saturated heterocycles. The molecule has 1 aromatic carbocycles. The van der Waals surface area contributed by atoms with Crippen LogP contribution < -0.4 is 15.4 Å². The minimum absolute atomic E-state index is 0. The lowest BCUT2D eigenvalue weighted by Gasteiger charge is -2.15. The summed E-state index contributed by atoms with van der Waals surface area (Å²) in [5.41, 5.74) is 1.76. The third-order valence-corrected chi connectivity index (χ3v) is 5.50. The second-order valence-corrected chi connectivity index (χ2v) is 8.44. The predicted molar refractivity (Wildman–Crippen MR) is 114 cm³/mol. The maximum Gasteiger partial charge on any atom is 0.216 e. The average Bonchev–Trinajstić information content (AvgIpc) is 3.18. The van der Waals surface area contributed by atoms with Gasteiger partial charge in [0, 0.05) is 25.7 Å². The lowest BCUT2D eigenvalue weighted by Crippen LogP contribution is -2.38. The standard InChI is InChI=1S/C17H28N4O2S.HI/c1-12(2)21-24(22,23)11-15-8-6-5-7-14(15)10-19-17(18-4)20-16-9-13(16)3;/h5-8,12-13,16,21H,9-11H2,1-4H3,(H2,18,19,20);1H. The Balaban J connectivity index is 0.00000312. The third kappa shape index (κ3) is 7.49. The number of aliphatic imine (C=N–C) groups is 1. The van der Waals surface area contributed by atoms with Gasteiger partial charge in [-0.15, -0.1) is 24.0 Å². The zero-order valence-electron chi connectivity index (χ0n) is 15.2. The van der Waals surface area contributed by atoms with Crippen LogP contribution in [-0.2, 0) is 22.3 Å². The zero-order valence-corrected chi connectivity index (χ0v) is 18.4. The van der Waals surface area contributed by atoms with Crippen LogP contribution in [0.25, 0.3) is 0 Å². The Bertz CT molecular complexity index is 692. The summed E-state index contributed by atoms with van der Waals surface area (Å²) >= 11 is 0. The van der Waals surface area contributed by atoms with Gasteiger partial charge in [0.15, 0.2) is 5.96 Å². The number of hydrogen-bond donors (Lipinski definition) is 3. The van der Waals surface area contributed by atoms with Crippen molar-refractivity contribution in [2.24, 2.45) is 10.9 Å². The molecule has 0 radical (unpaired) electrons. The highest BCUT2D eigenvalue weighted by atomic mass is 127. The number of guanidine groups is 1. The van der Waals surface area contributed by atoms with E-state index in [1.54, 1.807) is 7.05 Å². The molecule has 0 spiro atoms. The van der Waals surface area contributed by atoms with Crippen molar-refractivity contribution in [3.63, 3.8) is 0 Å². The van der Waals surface area contributed by atoms with E-state index in [9.17, 15) is 8.42 Å². The Labute approximate surface area is 168 Å². The van der Waals surface area contributed by atoms with E-state index in [0.29, 0.717) is 18.5 Å². The summed E-state index contributed by atoms with van der Waals surface area (Å²) in [6.07, 6.45) is 1.16. The van der Waals surface area contributed by atoms with Crippen LogP contribution in [0.3, 0.4) is 0 Å². The van der Waals surface area contributed by atoms with Crippen LogP contribution in [0.5, 0.6) is 0 Å². The van der Waals surface area contributed by atoms with Crippen molar-refractivity contribution in [2.45, 2.75) is 51.6 Å². The van der Waals surface area contributed by atoms with Crippen molar-refractivity contribution in [1.82, 2.24) is 15.4 Å². The molecule has 3 N–H and O–H groups in total. The van der Waals surface area contributed by atoms with E-state index in [1.165, 1.54) is 0 Å². The smallest absolute Gasteiger partial charge is 0.216 e. The molecule has 1 aliphatic rings. The fourth-order valence-corrected chi connectivity index (χ4v) is 4.04. The van der Waals surface area contributed by atoms with Gasteiger partial charge in [-0.1, -0.05) is 31.2 Å². The van der Waals surface area contributed by atoms with E-state index < -0.39 is 10.0 Å². The fourth-order valence-electron chi connectivity index (χ4n) is 2.55. The molecule has 2 atom stereocenters. The summed E-state index contributed by atoms with van der Waals surface area (Å²) in [6.45, 7) is 6.38. The molecular weight excluding hydrogens is 451 g/mol. The van der Waals surface area contributed by atoms with Gasteiger partial charge in [-0.25, -0.2) is 13.1 Å². The molecule has 1 aromatic rings. The van der Waals surface area contributed by atoms with Gasteiger partial charge in [-0.05, 0) is 37.3 Å². The summed E-state index contributed by atoms with van der Waals surface area (Å²) in [6, 6.07) is 7.96. The zero-order chi connectivity index (χ0) is 17.7. The number of sulfonamides is 1. The summed E-state index contributed by atoms with van der Waals surface area (Å²) in [7, 11) is -1.60. The highest BCUT2D eigenvalue weighted by molar-refractivity contribution is 14.0. The van der Waals surface area contributed by atoms with Gasteiger partial charge in [-0.2, -0.15) is 0 Å². The van der Waals surface area contributed by atoms with Gasteiger partial charge >= 0.3 is 0 Å². The van der Waals surface area contributed by atoms with Gasteiger partial charge < -0.3 is 10.6 Å². The molecule has 8 heteroatoms. The Morgan fingerprint density at radius 3 is 2.40 bits per heavy atom. The summed E-state index contributed by atoms with van der Waals surface area (Å²) in [5, 5.41) is 6.63. The van der Waals surface area contributed by atoms with E-state index in [1.807, 2.05) is 38.1 Å². The Morgan fingerprint density at radius 2 is 1.88 bits per heavy atom. The van der Waals surface area contributed by atoms with Crippen molar-refractivity contribution in [1.29, 1.82) is 0 Å². The molecule has 25 heavy (non-hydrogen) atoms. The van der Waals surface area contributed by atoms with E-state index in [0.717, 1.165) is 23.5 Å². The molecule has 2 unspecified atom stereocenters. The molecule has 6 nitrogen and oxygen atoms in total. The van der Waals surface area contributed by atoms with Crippen molar-refractivity contribution in [2.75, 3.05) is 7.05 Å². The second-order valence-electron chi connectivity index (χ2n) is 6.69. The quantitative estimate of drug-likeness (QED) is 0.318. The lowest BCUT2D eigenvalue weighted by atomic mass is 10.1. The minimum atomic E-state index is -3.34. The van der Waals surface area contributed by atoms with Crippen molar-refractivity contribution >= 4 is 40.0 Å². The molecule has 1 fully saturated rings. The van der Waals surface area contributed by atoms with Crippen LogP contribution in [0.1, 0.15) is 38.3 Å². The van der Waals surface area contributed by atoms with E-state index in [2.05, 4.69) is 27.3 Å². The average molecular weight is 480 g/mol. The molecule has 0 aliphatic heterocycles. The van der Waals surface area contributed by atoms with Gasteiger partial charge in [-0.3, -0.25) is 4.99 Å². The number of rotatable bonds is 7. The highest BCUT2D eigenvalue weighted by Gasteiger charge is 2.33. The molecule has 1 aliphatic carbocycles. The van der Waals surface area contributed by atoms with Crippen molar-refractivity contribution < 1.29 is 8.42 Å². The van der Waals surface area contributed by atoms with Crippen LogP contribution in [-0.4, -0.2) is 33.5 Å². The molecule has 0 aromatic heterocycles. The molecule has 0 amide bonds. The van der Waals surface area contributed by atoms with Gasteiger partial charge in [0.05, 0.1) is 5.75 Å². The van der Waals surface area contributed by atoms with Crippen LogP contribution >= 0.6 is 24.0 Å². The van der Waals surface area contributed by atoms with Gasteiger partial charge in [0.25, 0.3) is 0 Å². The number of nitrogens with zero attached hydrogens (tertiary/aromatic N) is 1. The fraction of sp³-hybridized carbons (Fsp3) is 0.588. The predicted octanol–water partition coefficient (Wildman–Crippen LogP) is 2.21. The van der Waals surface area contributed by atoms with E-state index in [-0.39, 0.29) is 35.8 Å². The van der Waals surface area contributed by atoms with Crippen molar-refractivity contribution in [3.8, 4) is 0 Å². The normalized spacial score (nSPS) is 20.1. The van der Waals surface area contributed by atoms with Gasteiger partial charge in [0.1, 0.15) is 0 Å². The SMILES string of the molecule is CN=C(NCc1ccccc1CS(=O)(=O)NC(C)C)NC1CC1C.I. The molecule has 0 heterocycles. The highest BCUT2D eigenvalue weighted by Crippen LogP contribution is 2.28. The van der Waals surface area contributed by atoms with Crippen LogP contribution in [0, 0.1) is 5.92 Å². The lowest BCUT2D eigenvalue weighted by molar-refractivity contribution is 0.568. The maximum absolute atomic E-state index is 12.2. The number of benzene rings is 1. The van der Waals surface area contributed by atoms with Crippen LogP contribution in [0.2, 0.25) is 0 Å². The summed E-state index contributed by atoms with van der Waals surface area (Å²) in [5.74, 6) is 1.42. The summed E-state index contributed by atoms with van der Waals surface area (Å²) < 4.78 is 27.0. The van der Waals surface area contributed by atoms with E-state index >= 15 is 0 Å². The molecule has 2 rings (SSSR count). The monoisotopic (exact) mass is 480 g/mol. The van der Waals surface area contributed by atoms with Crippen molar-refractivity contribution in [3.05, 3.63) is 35.4 Å². The molecule has 142 valence electrons. The van der Waals surface area contributed by atoms with Crippen LogP contribution in [0.15, 0.2) is 29.3 Å². The van der Waals surface area contributed by atoms with Gasteiger partial charge in [0.2, 0.25) is 10.0 Å². The second kappa shape index (κ2) is 9.72. The molecular formula is C17H29IN4O2S. The number of nitrogens with one attached hydrogen (secondary N) is 3. The number of halogens is 1. The largest absolute Gasteiger partial charge is 0.353 e. The van der Waals surface area contributed by atoms with E-state index in [4.69, 9.17) is 0 Å². The maximum atomic E-state index is 12.2. The first-order valence-corrected chi connectivity index (χ1v) is 10.00. The summed E-state index contributed by atoms with van der Waals surface area (Å²) in [4.78, 5) is 4.23. The first-order chi connectivity index (χ1) is 11.3. The number of hydrogen-bond acceptors (Lipinski definition) is 3. The molecule has 0 bridgehead atoms. The Kier molecular flexibility index (Phi) is 8.62.